The average molecular weight is 383 g/mol. The van der Waals surface area contributed by atoms with Crippen LogP contribution in [0.15, 0.2) is 29.6 Å². The van der Waals surface area contributed by atoms with Crippen LogP contribution in [0.3, 0.4) is 0 Å². The number of amides is 1. The third kappa shape index (κ3) is 3.04. The fourth-order valence-electron chi connectivity index (χ4n) is 3.18. The number of fused-ring (bicyclic) bond motifs is 2. The Kier molecular flexibility index (Phi) is 3.83. The van der Waals surface area contributed by atoms with Gasteiger partial charge in [-0.2, -0.15) is 5.10 Å². The van der Waals surface area contributed by atoms with Gasteiger partial charge in [-0.3, -0.25) is 14.4 Å². The molecule has 0 bridgehead atoms. The van der Waals surface area contributed by atoms with Crippen molar-refractivity contribution in [2.45, 2.75) is 13.1 Å². The molecule has 0 saturated heterocycles. The van der Waals surface area contributed by atoms with E-state index in [1.165, 1.54) is 11.3 Å². The Bertz CT molecular complexity index is 1030. The number of thiazole rings is 1. The molecule has 0 atom stereocenters. The van der Waals surface area contributed by atoms with Crippen molar-refractivity contribution in [1.82, 2.24) is 19.7 Å². The number of aromatic nitrogens is 3. The van der Waals surface area contributed by atoms with Crippen LogP contribution in [0.4, 0.5) is 5.82 Å². The van der Waals surface area contributed by atoms with Crippen molar-refractivity contribution < 1.29 is 14.3 Å². The van der Waals surface area contributed by atoms with Crippen molar-refractivity contribution in [2.24, 2.45) is 0 Å². The van der Waals surface area contributed by atoms with Crippen molar-refractivity contribution in [3.63, 3.8) is 0 Å². The fourth-order valence-corrected chi connectivity index (χ4v) is 3.98. The Morgan fingerprint density at radius 1 is 1.22 bits per heavy atom. The molecule has 5 rings (SSSR count). The number of nitrogens with zero attached hydrogens (tertiary/aromatic N) is 4. The van der Waals surface area contributed by atoms with E-state index < -0.39 is 0 Å². The number of hydrogen-bond donors (Lipinski definition) is 1. The Labute approximate surface area is 159 Å². The predicted octanol–water partition coefficient (Wildman–Crippen LogP) is 2.43. The van der Waals surface area contributed by atoms with Gasteiger partial charge in [0.2, 0.25) is 6.79 Å². The third-order valence-electron chi connectivity index (χ3n) is 4.59. The van der Waals surface area contributed by atoms with Gasteiger partial charge in [-0.1, -0.05) is 0 Å². The number of ether oxygens (including phenoxy) is 2. The van der Waals surface area contributed by atoms with Crippen molar-refractivity contribution in [1.29, 1.82) is 0 Å². The first-order chi connectivity index (χ1) is 13.2. The molecule has 0 unspecified atom stereocenters. The van der Waals surface area contributed by atoms with Crippen LogP contribution in [0, 0.1) is 0 Å². The Morgan fingerprint density at radius 2 is 2.11 bits per heavy atom. The van der Waals surface area contributed by atoms with Crippen molar-refractivity contribution in [2.75, 3.05) is 25.7 Å². The van der Waals surface area contributed by atoms with Crippen LogP contribution in [0.5, 0.6) is 11.5 Å². The molecule has 0 aliphatic carbocycles. The Morgan fingerprint density at radius 3 is 3.04 bits per heavy atom. The summed E-state index contributed by atoms with van der Waals surface area (Å²) in [4.78, 5) is 19.2. The Balaban J connectivity index is 1.33. The molecule has 0 saturated carbocycles. The largest absolute Gasteiger partial charge is 0.454 e. The van der Waals surface area contributed by atoms with E-state index in [0.29, 0.717) is 17.3 Å². The summed E-state index contributed by atoms with van der Waals surface area (Å²) >= 11 is 1.41. The van der Waals surface area contributed by atoms with E-state index in [1.54, 1.807) is 5.38 Å². The van der Waals surface area contributed by atoms with Crippen LogP contribution in [-0.2, 0) is 13.1 Å². The lowest BCUT2D eigenvalue weighted by molar-refractivity contribution is 0.102. The number of likely N-dealkylation sites (N-methyl/N-ethyl adjacent to an activating group) is 1. The molecule has 2 aliphatic heterocycles. The predicted molar refractivity (Wildman–Crippen MR) is 100 cm³/mol. The summed E-state index contributed by atoms with van der Waals surface area (Å²) in [6.45, 7) is 2.84. The zero-order valence-corrected chi connectivity index (χ0v) is 15.5. The first-order valence-electron chi connectivity index (χ1n) is 8.58. The Hall–Kier alpha value is -2.91. The monoisotopic (exact) mass is 383 g/mol. The maximum absolute atomic E-state index is 12.6. The molecule has 27 heavy (non-hydrogen) atoms. The molecule has 0 fully saturated rings. The number of carbonyl (C=O) groups excluding carboxylic acids is 1. The average Bonchev–Trinajstić information content (AvgIpc) is 3.39. The first kappa shape index (κ1) is 16.3. The number of hydrogen-bond acceptors (Lipinski definition) is 7. The van der Waals surface area contributed by atoms with Gasteiger partial charge in [0.15, 0.2) is 17.3 Å². The lowest BCUT2D eigenvalue weighted by Gasteiger charge is -2.22. The van der Waals surface area contributed by atoms with Crippen molar-refractivity contribution >= 4 is 23.1 Å². The normalized spacial score (nSPS) is 15.6. The summed E-state index contributed by atoms with van der Waals surface area (Å²) in [5, 5.41) is 9.81. The van der Waals surface area contributed by atoms with Crippen LogP contribution in [0.1, 0.15) is 16.2 Å². The smallest absolute Gasteiger partial charge is 0.276 e. The molecule has 2 aromatic heterocycles. The lowest BCUT2D eigenvalue weighted by Crippen LogP contribution is -2.30. The molecule has 1 amide bonds. The quantitative estimate of drug-likeness (QED) is 0.748. The number of anilines is 1. The zero-order valence-electron chi connectivity index (χ0n) is 14.6. The van der Waals surface area contributed by atoms with Gasteiger partial charge in [-0.15, -0.1) is 11.3 Å². The van der Waals surface area contributed by atoms with Crippen LogP contribution in [0.2, 0.25) is 0 Å². The van der Waals surface area contributed by atoms with Gasteiger partial charge in [0.25, 0.3) is 5.91 Å². The fraction of sp³-hybridized carbons (Fsp3) is 0.278. The minimum atomic E-state index is -0.262. The summed E-state index contributed by atoms with van der Waals surface area (Å²) in [5.74, 6) is 1.72. The van der Waals surface area contributed by atoms with Crippen LogP contribution >= 0.6 is 11.3 Å². The number of rotatable bonds is 3. The molecule has 138 valence electrons. The summed E-state index contributed by atoms with van der Waals surface area (Å²) in [7, 11) is 2.07. The van der Waals surface area contributed by atoms with Gasteiger partial charge in [0.05, 0.1) is 12.2 Å². The summed E-state index contributed by atoms with van der Waals surface area (Å²) in [6.07, 6.45) is 0. The summed E-state index contributed by atoms with van der Waals surface area (Å²) < 4.78 is 12.7. The van der Waals surface area contributed by atoms with Gasteiger partial charge in [0, 0.05) is 30.1 Å². The highest BCUT2D eigenvalue weighted by Crippen LogP contribution is 2.36. The van der Waals surface area contributed by atoms with E-state index in [0.717, 1.165) is 41.6 Å². The molecule has 9 heteroatoms. The molecule has 1 N–H and O–H groups in total. The molecular formula is C18H17N5O3S. The van der Waals surface area contributed by atoms with Crippen LogP contribution < -0.4 is 14.8 Å². The van der Waals surface area contributed by atoms with E-state index in [1.807, 2.05) is 28.9 Å². The van der Waals surface area contributed by atoms with Crippen LogP contribution in [-0.4, -0.2) is 46.0 Å². The maximum Gasteiger partial charge on any atom is 0.276 e. The second-order valence-electron chi connectivity index (χ2n) is 6.54. The standard InChI is InChI=1S/C18H17N5O3S/c1-22-4-5-23-12(8-22)7-16(21-23)20-17(24)13-9-27-18(19-13)11-2-3-14-15(6-11)26-10-25-14/h2-3,6-7,9H,4-5,8,10H2,1H3,(H,20,21,24). The molecule has 3 aromatic rings. The van der Waals surface area contributed by atoms with Crippen LogP contribution in [0.25, 0.3) is 10.6 Å². The molecule has 1 aromatic carbocycles. The molecule has 4 heterocycles. The van der Waals surface area contributed by atoms with Gasteiger partial charge < -0.3 is 14.8 Å². The highest BCUT2D eigenvalue weighted by atomic mass is 32.1. The van der Waals surface area contributed by atoms with Crippen molar-refractivity contribution in [3.8, 4) is 22.1 Å². The topological polar surface area (TPSA) is 81.5 Å². The molecule has 0 spiro atoms. The minimum Gasteiger partial charge on any atom is -0.454 e. The van der Waals surface area contributed by atoms with E-state index in [4.69, 9.17) is 9.47 Å². The van der Waals surface area contributed by atoms with E-state index in [-0.39, 0.29) is 12.7 Å². The van der Waals surface area contributed by atoms with Gasteiger partial charge >= 0.3 is 0 Å². The maximum atomic E-state index is 12.6. The molecular weight excluding hydrogens is 366 g/mol. The molecule has 2 aliphatic rings. The van der Waals surface area contributed by atoms with Crippen molar-refractivity contribution in [3.05, 3.63) is 41.0 Å². The minimum absolute atomic E-state index is 0.231. The van der Waals surface area contributed by atoms with Gasteiger partial charge in [-0.05, 0) is 25.2 Å². The highest BCUT2D eigenvalue weighted by Gasteiger charge is 2.19. The SMILES string of the molecule is CN1CCn2nc(NC(=O)c3csc(-c4ccc5c(c4)OCO5)n3)cc2C1. The van der Waals surface area contributed by atoms with Gasteiger partial charge in [-0.25, -0.2) is 4.98 Å². The lowest BCUT2D eigenvalue weighted by atomic mass is 10.2. The second kappa shape index (κ2) is 6.36. The zero-order chi connectivity index (χ0) is 18.4. The van der Waals surface area contributed by atoms with E-state index in [2.05, 4.69) is 27.3 Å². The molecule has 0 radical (unpaired) electrons. The molecule has 8 nitrogen and oxygen atoms in total. The van der Waals surface area contributed by atoms with E-state index >= 15 is 0 Å². The van der Waals surface area contributed by atoms with E-state index in [9.17, 15) is 4.79 Å². The van der Waals surface area contributed by atoms with Gasteiger partial charge in [0.1, 0.15) is 10.7 Å². The summed E-state index contributed by atoms with van der Waals surface area (Å²) in [6, 6.07) is 7.56. The number of carbonyl (C=O) groups is 1. The summed E-state index contributed by atoms with van der Waals surface area (Å²) in [5.41, 5.74) is 2.36. The first-order valence-corrected chi connectivity index (χ1v) is 9.46. The number of nitrogens with one attached hydrogen (secondary N) is 1. The second-order valence-corrected chi connectivity index (χ2v) is 7.40. The highest BCUT2D eigenvalue weighted by molar-refractivity contribution is 7.13. The number of benzene rings is 1. The third-order valence-corrected chi connectivity index (χ3v) is 5.48.